The zero-order valence-corrected chi connectivity index (χ0v) is 6.08. The van der Waals surface area contributed by atoms with E-state index >= 15 is 0 Å². The van der Waals surface area contributed by atoms with Gasteiger partial charge in [0.15, 0.2) is 5.83 Å². The van der Waals surface area contributed by atoms with E-state index in [1.165, 1.54) is 12.2 Å². The van der Waals surface area contributed by atoms with E-state index < -0.39 is 16.4 Å². The highest BCUT2D eigenvalue weighted by atomic mass is 19.1. The van der Waals surface area contributed by atoms with Crippen molar-refractivity contribution in [3.05, 3.63) is 33.8 Å². The Morgan fingerprint density at radius 2 is 2.45 bits per heavy atom. The number of nitro groups is 1. The van der Waals surface area contributed by atoms with Crippen LogP contribution >= 0.6 is 0 Å². The first-order chi connectivity index (χ1) is 5.11. The Morgan fingerprint density at radius 3 is 2.91 bits per heavy atom. The molecule has 1 rings (SSSR count). The summed E-state index contributed by atoms with van der Waals surface area (Å²) in [7, 11) is 0. The third-order valence-corrected chi connectivity index (χ3v) is 1.55. The predicted molar refractivity (Wildman–Crippen MR) is 38.0 cm³/mol. The van der Waals surface area contributed by atoms with Gasteiger partial charge in [-0.1, -0.05) is 6.92 Å². The maximum atomic E-state index is 12.6. The zero-order chi connectivity index (χ0) is 8.43. The second-order valence-electron chi connectivity index (χ2n) is 2.57. The quantitative estimate of drug-likeness (QED) is 0.431. The smallest absolute Gasteiger partial charge is 0.258 e. The molecule has 60 valence electrons. The third-order valence-electron chi connectivity index (χ3n) is 1.55. The molecule has 0 unspecified atom stereocenters. The third kappa shape index (κ3) is 1.63. The molecule has 1 aliphatic rings. The summed E-state index contributed by atoms with van der Waals surface area (Å²) in [5.74, 6) is -0.650. The minimum absolute atomic E-state index is 0.0647. The topological polar surface area (TPSA) is 43.1 Å². The molecule has 0 saturated carbocycles. The summed E-state index contributed by atoms with van der Waals surface area (Å²) in [5.41, 5.74) is -0.399. The largest absolute Gasteiger partial charge is 0.300 e. The van der Waals surface area contributed by atoms with Crippen LogP contribution in [0, 0.1) is 16.0 Å². The monoisotopic (exact) mass is 157 g/mol. The Hall–Kier alpha value is -1.19. The second kappa shape index (κ2) is 2.82. The molecule has 0 aromatic rings. The first-order valence-corrected chi connectivity index (χ1v) is 3.33. The molecular formula is C7H8FNO2. The van der Waals surface area contributed by atoms with Gasteiger partial charge in [-0.3, -0.25) is 10.1 Å². The van der Waals surface area contributed by atoms with E-state index in [1.54, 1.807) is 0 Å². The van der Waals surface area contributed by atoms with Crippen molar-refractivity contribution in [1.29, 1.82) is 0 Å². The van der Waals surface area contributed by atoms with Gasteiger partial charge in [-0.05, 0) is 24.5 Å². The molecular weight excluding hydrogens is 149 g/mol. The van der Waals surface area contributed by atoms with Crippen LogP contribution in [-0.4, -0.2) is 4.92 Å². The Morgan fingerprint density at radius 1 is 1.82 bits per heavy atom. The molecule has 0 heterocycles. The molecule has 0 aromatic carbocycles. The van der Waals surface area contributed by atoms with E-state index in [0.29, 0.717) is 6.42 Å². The highest BCUT2D eigenvalue weighted by molar-refractivity contribution is 5.23. The Bertz CT molecular complexity index is 245. The van der Waals surface area contributed by atoms with Crippen LogP contribution in [0.1, 0.15) is 13.3 Å². The standard InChI is InChI=1S/C7H8FNO2/c1-5-2-3-6(8)7(4-5)9(10)11/h3-5H,2H2,1H3/t5-/m1/s1. The van der Waals surface area contributed by atoms with Crippen LogP contribution in [0.2, 0.25) is 0 Å². The van der Waals surface area contributed by atoms with Crippen LogP contribution in [-0.2, 0) is 0 Å². The lowest BCUT2D eigenvalue weighted by Gasteiger charge is -2.07. The van der Waals surface area contributed by atoms with E-state index in [0.717, 1.165) is 0 Å². The summed E-state index contributed by atoms with van der Waals surface area (Å²) >= 11 is 0. The number of halogens is 1. The fraction of sp³-hybridized carbons (Fsp3) is 0.429. The van der Waals surface area contributed by atoms with Gasteiger partial charge in [0, 0.05) is 0 Å². The van der Waals surface area contributed by atoms with Crippen LogP contribution < -0.4 is 0 Å². The molecule has 1 aliphatic carbocycles. The molecule has 0 radical (unpaired) electrons. The van der Waals surface area contributed by atoms with Gasteiger partial charge in [0.25, 0.3) is 0 Å². The normalized spacial score (nSPS) is 24.0. The van der Waals surface area contributed by atoms with Gasteiger partial charge in [-0.2, -0.15) is 4.39 Å². The molecule has 1 atom stereocenters. The van der Waals surface area contributed by atoms with E-state index in [9.17, 15) is 14.5 Å². The van der Waals surface area contributed by atoms with Crippen molar-refractivity contribution < 1.29 is 9.31 Å². The number of allylic oxidation sites excluding steroid dienone is 3. The summed E-state index contributed by atoms with van der Waals surface area (Å²) in [5, 5.41) is 10.2. The molecule has 0 fully saturated rings. The Kier molecular flexibility index (Phi) is 2.03. The molecule has 0 spiro atoms. The lowest BCUT2D eigenvalue weighted by Crippen LogP contribution is -2.06. The van der Waals surface area contributed by atoms with Gasteiger partial charge >= 0.3 is 5.70 Å². The summed E-state index contributed by atoms with van der Waals surface area (Å²) < 4.78 is 12.6. The average Bonchev–Trinajstić information content (AvgIpc) is 1.94. The summed E-state index contributed by atoms with van der Waals surface area (Å²) in [6.45, 7) is 1.81. The van der Waals surface area contributed by atoms with Gasteiger partial charge < -0.3 is 0 Å². The van der Waals surface area contributed by atoms with Crippen molar-refractivity contribution in [2.24, 2.45) is 5.92 Å². The summed E-state index contributed by atoms with van der Waals surface area (Å²) in [4.78, 5) is 9.47. The minimum atomic E-state index is -0.715. The van der Waals surface area contributed by atoms with Crippen molar-refractivity contribution in [3.8, 4) is 0 Å². The van der Waals surface area contributed by atoms with Crippen molar-refractivity contribution in [2.45, 2.75) is 13.3 Å². The Labute approximate surface area is 63.4 Å². The summed E-state index contributed by atoms with van der Waals surface area (Å²) in [6, 6.07) is 0. The van der Waals surface area contributed by atoms with Crippen LogP contribution in [0.5, 0.6) is 0 Å². The van der Waals surface area contributed by atoms with Gasteiger partial charge in [0.05, 0.1) is 4.92 Å². The first-order valence-electron chi connectivity index (χ1n) is 3.33. The second-order valence-corrected chi connectivity index (χ2v) is 2.57. The van der Waals surface area contributed by atoms with Crippen molar-refractivity contribution >= 4 is 0 Å². The van der Waals surface area contributed by atoms with Gasteiger partial charge in [0.1, 0.15) is 0 Å². The molecule has 4 heteroatoms. The molecule has 0 aliphatic heterocycles. The molecule has 11 heavy (non-hydrogen) atoms. The number of nitrogens with zero attached hydrogens (tertiary/aromatic N) is 1. The molecule has 0 amide bonds. The SMILES string of the molecule is C[C@H]1C=C([N+](=O)[O-])C(F)=CC1. The Balaban J connectivity index is 2.90. The van der Waals surface area contributed by atoms with Crippen LogP contribution in [0.25, 0.3) is 0 Å². The van der Waals surface area contributed by atoms with Crippen molar-refractivity contribution in [2.75, 3.05) is 0 Å². The highest BCUT2D eigenvalue weighted by Gasteiger charge is 2.21. The molecule has 0 aromatic heterocycles. The average molecular weight is 157 g/mol. The van der Waals surface area contributed by atoms with Crippen LogP contribution in [0.4, 0.5) is 4.39 Å². The molecule has 0 N–H and O–H groups in total. The maximum absolute atomic E-state index is 12.6. The van der Waals surface area contributed by atoms with E-state index in [-0.39, 0.29) is 5.92 Å². The number of hydrogen-bond acceptors (Lipinski definition) is 2. The van der Waals surface area contributed by atoms with Crippen molar-refractivity contribution in [1.82, 2.24) is 0 Å². The van der Waals surface area contributed by atoms with E-state index in [4.69, 9.17) is 0 Å². The van der Waals surface area contributed by atoms with Crippen LogP contribution in [0.15, 0.2) is 23.7 Å². The highest BCUT2D eigenvalue weighted by Crippen LogP contribution is 2.23. The molecule has 0 bridgehead atoms. The molecule has 3 nitrogen and oxygen atoms in total. The zero-order valence-electron chi connectivity index (χ0n) is 6.08. The van der Waals surface area contributed by atoms with E-state index in [1.807, 2.05) is 6.92 Å². The number of rotatable bonds is 1. The lowest BCUT2D eigenvalue weighted by atomic mass is 10.0. The summed E-state index contributed by atoms with van der Waals surface area (Å²) in [6.07, 6.45) is 3.14. The molecule has 0 saturated heterocycles. The van der Waals surface area contributed by atoms with Crippen LogP contribution in [0.3, 0.4) is 0 Å². The van der Waals surface area contributed by atoms with Crippen molar-refractivity contribution in [3.63, 3.8) is 0 Å². The minimum Gasteiger partial charge on any atom is -0.258 e. The maximum Gasteiger partial charge on any atom is 0.300 e. The number of hydrogen-bond donors (Lipinski definition) is 0. The van der Waals surface area contributed by atoms with E-state index in [2.05, 4.69) is 0 Å². The fourth-order valence-corrected chi connectivity index (χ4v) is 0.959. The van der Waals surface area contributed by atoms with Gasteiger partial charge in [-0.15, -0.1) is 0 Å². The van der Waals surface area contributed by atoms with Gasteiger partial charge in [-0.25, -0.2) is 0 Å². The predicted octanol–water partition coefficient (Wildman–Crippen LogP) is 2.04. The first kappa shape index (κ1) is 7.91. The fourth-order valence-electron chi connectivity index (χ4n) is 0.959. The lowest BCUT2D eigenvalue weighted by molar-refractivity contribution is -0.423. The van der Waals surface area contributed by atoms with Gasteiger partial charge in [0.2, 0.25) is 0 Å².